The van der Waals surface area contributed by atoms with Gasteiger partial charge in [-0.25, -0.2) is 10.1 Å². The molecular weight excluding hydrogens is 134 g/mol. The summed E-state index contributed by atoms with van der Waals surface area (Å²) in [6, 6.07) is 0.235. The van der Waals surface area contributed by atoms with Crippen LogP contribution in [-0.4, -0.2) is 35.7 Å². The molecule has 0 bridgehead atoms. The van der Waals surface area contributed by atoms with E-state index < -0.39 is 0 Å². The lowest BCUT2D eigenvalue weighted by molar-refractivity contribution is -0.657. The molecular formula is C5H11N3O2. The van der Waals surface area contributed by atoms with Gasteiger partial charge in [-0.3, -0.25) is 0 Å². The van der Waals surface area contributed by atoms with E-state index in [1.165, 1.54) is 5.01 Å². The average Bonchev–Trinajstić information content (AvgIpc) is 1.88. The Balaban J connectivity index is 2.39. The highest BCUT2D eigenvalue weighted by Gasteiger charge is 2.21. The third kappa shape index (κ3) is 1.57. The molecule has 5 heteroatoms. The molecule has 0 spiro atoms. The first-order chi connectivity index (χ1) is 4.70. The fraction of sp³-hybridized carbons (Fsp3) is 1.00. The average molecular weight is 145 g/mol. The summed E-state index contributed by atoms with van der Waals surface area (Å²) in [6.07, 6.45) is 0. The Morgan fingerprint density at radius 1 is 1.80 bits per heavy atom. The SMILES string of the molecule is CC1CN([N+](=O)[O-])CCN1. The molecule has 1 atom stereocenters. The van der Waals surface area contributed by atoms with Crippen LogP contribution in [0.5, 0.6) is 0 Å². The fourth-order valence-electron chi connectivity index (χ4n) is 1.06. The third-order valence-corrected chi connectivity index (χ3v) is 1.58. The molecule has 10 heavy (non-hydrogen) atoms. The van der Waals surface area contributed by atoms with E-state index in [1.807, 2.05) is 6.92 Å². The van der Waals surface area contributed by atoms with Crippen LogP contribution in [0, 0.1) is 10.1 Å². The molecule has 1 N–H and O–H groups in total. The van der Waals surface area contributed by atoms with Crippen LogP contribution in [-0.2, 0) is 0 Å². The van der Waals surface area contributed by atoms with Gasteiger partial charge in [-0.05, 0) is 6.92 Å². The molecule has 0 amide bonds. The molecule has 0 aliphatic carbocycles. The van der Waals surface area contributed by atoms with Crippen molar-refractivity contribution in [1.29, 1.82) is 0 Å². The minimum Gasteiger partial charge on any atom is -0.310 e. The van der Waals surface area contributed by atoms with Crippen LogP contribution in [0.1, 0.15) is 6.92 Å². The lowest BCUT2D eigenvalue weighted by Crippen LogP contribution is -2.51. The Bertz CT molecular complexity index is 139. The second-order valence-corrected chi connectivity index (χ2v) is 2.51. The molecule has 1 aliphatic rings. The number of hydrazine groups is 1. The third-order valence-electron chi connectivity index (χ3n) is 1.58. The van der Waals surface area contributed by atoms with Crippen molar-refractivity contribution in [3.8, 4) is 0 Å². The van der Waals surface area contributed by atoms with Gasteiger partial charge < -0.3 is 5.32 Å². The van der Waals surface area contributed by atoms with Crippen molar-refractivity contribution < 1.29 is 5.03 Å². The summed E-state index contributed by atoms with van der Waals surface area (Å²) in [4.78, 5) is 10.2. The molecule has 5 nitrogen and oxygen atoms in total. The molecule has 0 aromatic rings. The number of nitrogens with one attached hydrogen (secondary N) is 1. The maximum absolute atomic E-state index is 10.2. The smallest absolute Gasteiger partial charge is 0.160 e. The Labute approximate surface area is 59.1 Å². The first-order valence-electron chi connectivity index (χ1n) is 3.33. The van der Waals surface area contributed by atoms with E-state index in [0.717, 1.165) is 0 Å². The van der Waals surface area contributed by atoms with Crippen LogP contribution >= 0.6 is 0 Å². The molecule has 1 aliphatic heterocycles. The Hall–Kier alpha value is -0.840. The number of nitrogens with zero attached hydrogens (tertiary/aromatic N) is 2. The number of hydrogen-bond donors (Lipinski definition) is 1. The highest BCUT2D eigenvalue weighted by molar-refractivity contribution is 4.69. The highest BCUT2D eigenvalue weighted by Crippen LogP contribution is 1.96. The van der Waals surface area contributed by atoms with Crippen LogP contribution in [0.3, 0.4) is 0 Å². The zero-order chi connectivity index (χ0) is 7.56. The standard InChI is InChI=1S/C5H11N3O2/c1-5-4-7(8(9)10)3-2-6-5/h5-6H,2-4H2,1H3. The van der Waals surface area contributed by atoms with E-state index in [9.17, 15) is 10.1 Å². The van der Waals surface area contributed by atoms with Crippen molar-refractivity contribution in [2.75, 3.05) is 19.6 Å². The maximum Gasteiger partial charge on any atom is 0.160 e. The van der Waals surface area contributed by atoms with Gasteiger partial charge in [0.05, 0.1) is 13.1 Å². The van der Waals surface area contributed by atoms with Gasteiger partial charge in [-0.15, -0.1) is 5.01 Å². The monoisotopic (exact) mass is 145 g/mol. The zero-order valence-electron chi connectivity index (χ0n) is 5.91. The second kappa shape index (κ2) is 2.83. The van der Waals surface area contributed by atoms with E-state index in [-0.39, 0.29) is 11.1 Å². The van der Waals surface area contributed by atoms with E-state index in [4.69, 9.17) is 0 Å². The van der Waals surface area contributed by atoms with Crippen molar-refractivity contribution in [2.45, 2.75) is 13.0 Å². The summed E-state index contributed by atoms with van der Waals surface area (Å²) in [6.45, 7) is 3.67. The fourth-order valence-corrected chi connectivity index (χ4v) is 1.06. The number of piperazine rings is 1. The lowest BCUT2D eigenvalue weighted by atomic mass is 10.3. The van der Waals surface area contributed by atoms with Crippen LogP contribution in [0.25, 0.3) is 0 Å². The second-order valence-electron chi connectivity index (χ2n) is 2.51. The molecule has 1 saturated heterocycles. The van der Waals surface area contributed by atoms with Gasteiger partial charge in [-0.1, -0.05) is 0 Å². The Morgan fingerprint density at radius 3 is 2.90 bits per heavy atom. The Morgan fingerprint density at radius 2 is 2.50 bits per heavy atom. The maximum atomic E-state index is 10.2. The van der Waals surface area contributed by atoms with Crippen molar-refractivity contribution in [1.82, 2.24) is 10.3 Å². The molecule has 0 aromatic carbocycles. The highest BCUT2D eigenvalue weighted by atomic mass is 16.7. The predicted molar refractivity (Wildman–Crippen MR) is 36.0 cm³/mol. The van der Waals surface area contributed by atoms with Gasteiger partial charge >= 0.3 is 0 Å². The molecule has 1 heterocycles. The molecule has 1 fully saturated rings. The van der Waals surface area contributed by atoms with Crippen LogP contribution in [0.2, 0.25) is 0 Å². The number of rotatable bonds is 1. The van der Waals surface area contributed by atoms with Gasteiger partial charge in [0.15, 0.2) is 5.03 Å². The van der Waals surface area contributed by atoms with Gasteiger partial charge in [-0.2, -0.15) is 0 Å². The first kappa shape index (κ1) is 7.27. The Kier molecular flexibility index (Phi) is 2.06. The summed E-state index contributed by atoms with van der Waals surface area (Å²) >= 11 is 0. The minimum absolute atomic E-state index is 0.235. The van der Waals surface area contributed by atoms with Crippen molar-refractivity contribution >= 4 is 0 Å². The van der Waals surface area contributed by atoms with E-state index >= 15 is 0 Å². The quantitative estimate of drug-likeness (QED) is 0.398. The van der Waals surface area contributed by atoms with Gasteiger partial charge in [0, 0.05) is 12.6 Å². The summed E-state index contributed by atoms with van der Waals surface area (Å²) in [5.74, 6) is 0. The zero-order valence-corrected chi connectivity index (χ0v) is 5.91. The van der Waals surface area contributed by atoms with Crippen LogP contribution in [0.15, 0.2) is 0 Å². The number of hydrogen-bond acceptors (Lipinski definition) is 3. The topological polar surface area (TPSA) is 58.4 Å². The van der Waals surface area contributed by atoms with Crippen LogP contribution in [0.4, 0.5) is 0 Å². The molecule has 0 saturated carbocycles. The number of nitro groups is 1. The summed E-state index contributed by atoms with van der Waals surface area (Å²) in [5.41, 5.74) is 0. The van der Waals surface area contributed by atoms with Gasteiger partial charge in [0.1, 0.15) is 0 Å². The van der Waals surface area contributed by atoms with E-state index in [1.54, 1.807) is 0 Å². The lowest BCUT2D eigenvalue weighted by Gasteiger charge is -2.25. The molecule has 1 unspecified atom stereocenters. The normalized spacial score (nSPS) is 26.5. The van der Waals surface area contributed by atoms with E-state index in [2.05, 4.69) is 5.32 Å². The molecule has 0 radical (unpaired) electrons. The summed E-state index contributed by atoms with van der Waals surface area (Å²) in [5, 5.41) is 14.2. The predicted octanol–water partition coefficient (Wildman–Crippen LogP) is -0.528. The largest absolute Gasteiger partial charge is 0.310 e. The molecule has 0 aromatic heterocycles. The van der Waals surface area contributed by atoms with Crippen molar-refractivity contribution in [3.63, 3.8) is 0 Å². The summed E-state index contributed by atoms with van der Waals surface area (Å²) < 4.78 is 0. The van der Waals surface area contributed by atoms with Gasteiger partial charge in [0.2, 0.25) is 0 Å². The first-order valence-corrected chi connectivity index (χ1v) is 3.33. The van der Waals surface area contributed by atoms with Crippen molar-refractivity contribution in [2.24, 2.45) is 0 Å². The minimum atomic E-state index is -0.336. The molecule has 58 valence electrons. The van der Waals surface area contributed by atoms with Crippen molar-refractivity contribution in [3.05, 3.63) is 10.1 Å². The van der Waals surface area contributed by atoms with Crippen LogP contribution < -0.4 is 5.32 Å². The summed E-state index contributed by atoms with van der Waals surface area (Å²) in [7, 11) is 0. The van der Waals surface area contributed by atoms with Gasteiger partial charge in [0.25, 0.3) is 0 Å². The molecule has 1 rings (SSSR count). The van der Waals surface area contributed by atoms with E-state index in [0.29, 0.717) is 19.6 Å².